The molecule has 0 aromatic heterocycles. The van der Waals surface area contributed by atoms with Gasteiger partial charge in [0.05, 0.1) is 6.61 Å². The fraction of sp³-hybridized carbons (Fsp3) is 0.811. The van der Waals surface area contributed by atoms with E-state index in [0.29, 0.717) is 12.8 Å². The van der Waals surface area contributed by atoms with Crippen molar-refractivity contribution in [3.63, 3.8) is 0 Å². The number of rotatable bonds is 46. The van der Waals surface area contributed by atoms with E-state index >= 15 is 0 Å². The Kier molecular flexibility index (Phi) is 47.4. The van der Waals surface area contributed by atoms with Crippen LogP contribution in [0.15, 0.2) is 48.6 Å². The van der Waals surface area contributed by atoms with E-state index in [9.17, 15) is 14.7 Å². The van der Waals surface area contributed by atoms with Gasteiger partial charge in [-0.3, -0.25) is 9.59 Å². The number of aliphatic hydroxyl groups is 1. The van der Waals surface area contributed by atoms with Gasteiger partial charge in [0.25, 0.3) is 0 Å². The van der Waals surface area contributed by atoms with Crippen molar-refractivity contribution in [1.29, 1.82) is 0 Å². The second-order valence-corrected chi connectivity index (χ2v) is 16.9. The third-order valence-corrected chi connectivity index (χ3v) is 11.1. The van der Waals surface area contributed by atoms with Gasteiger partial charge in [-0.15, -0.1) is 0 Å². The topological polar surface area (TPSA) is 72.8 Å². The largest absolute Gasteiger partial charge is 0.462 e. The molecule has 0 rings (SSSR count). The molecule has 0 heterocycles. The molecule has 58 heavy (non-hydrogen) atoms. The van der Waals surface area contributed by atoms with Gasteiger partial charge >= 0.3 is 11.9 Å². The summed E-state index contributed by atoms with van der Waals surface area (Å²) in [7, 11) is 0. The van der Waals surface area contributed by atoms with Gasteiger partial charge in [0.15, 0.2) is 6.10 Å². The molecule has 0 saturated carbocycles. The summed E-state index contributed by atoms with van der Waals surface area (Å²) in [5.41, 5.74) is 0. The summed E-state index contributed by atoms with van der Waals surface area (Å²) in [4.78, 5) is 24.4. The van der Waals surface area contributed by atoms with Crippen LogP contribution in [0.25, 0.3) is 0 Å². The highest BCUT2D eigenvalue weighted by Crippen LogP contribution is 2.16. The van der Waals surface area contributed by atoms with Gasteiger partial charge in [0.1, 0.15) is 6.61 Å². The van der Waals surface area contributed by atoms with Crippen molar-refractivity contribution in [3.8, 4) is 0 Å². The maximum absolute atomic E-state index is 12.2. The molecule has 0 saturated heterocycles. The van der Waals surface area contributed by atoms with Gasteiger partial charge in [-0.2, -0.15) is 0 Å². The van der Waals surface area contributed by atoms with Gasteiger partial charge in [0.2, 0.25) is 0 Å². The number of hydrogen-bond donors (Lipinski definition) is 1. The van der Waals surface area contributed by atoms with Crippen molar-refractivity contribution < 1.29 is 24.2 Å². The highest BCUT2D eigenvalue weighted by Gasteiger charge is 2.16. The van der Waals surface area contributed by atoms with E-state index in [0.717, 1.165) is 64.2 Å². The minimum atomic E-state index is -0.777. The van der Waals surface area contributed by atoms with Crippen LogP contribution in [-0.4, -0.2) is 36.4 Å². The summed E-state index contributed by atoms with van der Waals surface area (Å²) >= 11 is 0. The van der Waals surface area contributed by atoms with Crippen molar-refractivity contribution in [3.05, 3.63) is 48.6 Å². The van der Waals surface area contributed by atoms with Gasteiger partial charge in [-0.25, -0.2) is 0 Å². The zero-order chi connectivity index (χ0) is 42.1. The van der Waals surface area contributed by atoms with E-state index in [2.05, 4.69) is 62.5 Å². The highest BCUT2D eigenvalue weighted by molar-refractivity contribution is 5.70. The number of allylic oxidation sites excluding steroid dienone is 8. The SMILES string of the molecule is CC/C=C\C/C=C\C/C=C\CCCCCCCCCC(=O)OC(CO)COC(=O)CCCCCCCCCCCCCCCCC/C=C\CCCCCCCCCC. The Hall–Kier alpha value is -2.14. The van der Waals surface area contributed by atoms with Gasteiger partial charge < -0.3 is 14.6 Å². The standard InChI is InChI=1S/C53H96O5/c1-3-5-7-9-11-13-15-17-19-21-22-23-24-25-26-27-28-29-30-32-33-35-37-39-41-43-45-47-52(55)57-50-51(49-54)58-53(56)48-46-44-42-40-38-36-34-31-20-18-16-14-12-10-8-6-4-2/h6,8,12,14,18,20-22,51,54H,3-5,7,9-11,13,15-17,19,23-50H2,1-2H3/b8-6-,14-12-,20-18-,22-21-. The average Bonchev–Trinajstić information content (AvgIpc) is 3.23. The first-order valence-corrected chi connectivity index (χ1v) is 25.2. The van der Waals surface area contributed by atoms with Crippen LogP contribution in [0.5, 0.6) is 0 Å². The van der Waals surface area contributed by atoms with E-state index in [1.165, 1.54) is 167 Å². The summed E-state index contributed by atoms with van der Waals surface area (Å²) in [5, 5.41) is 9.61. The summed E-state index contributed by atoms with van der Waals surface area (Å²) in [6, 6.07) is 0. The third kappa shape index (κ3) is 46.5. The molecule has 1 N–H and O–H groups in total. The van der Waals surface area contributed by atoms with Crippen molar-refractivity contribution >= 4 is 11.9 Å². The van der Waals surface area contributed by atoms with Crippen molar-refractivity contribution in [1.82, 2.24) is 0 Å². The molecule has 1 unspecified atom stereocenters. The zero-order valence-corrected chi connectivity index (χ0v) is 38.6. The third-order valence-electron chi connectivity index (χ3n) is 11.1. The number of esters is 2. The van der Waals surface area contributed by atoms with E-state index < -0.39 is 6.10 Å². The summed E-state index contributed by atoms with van der Waals surface area (Å²) in [6.07, 6.45) is 63.5. The first-order chi connectivity index (χ1) is 28.6. The number of unbranched alkanes of at least 4 members (excludes halogenated alkanes) is 30. The second kappa shape index (κ2) is 49.2. The number of ether oxygens (including phenoxy) is 2. The molecular formula is C53H96O5. The molecule has 0 radical (unpaired) electrons. The van der Waals surface area contributed by atoms with Gasteiger partial charge in [-0.05, 0) is 70.6 Å². The molecule has 5 heteroatoms. The van der Waals surface area contributed by atoms with Gasteiger partial charge in [-0.1, -0.05) is 223 Å². The first-order valence-electron chi connectivity index (χ1n) is 25.2. The Morgan fingerprint density at radius 2 is 0.741 bits per heavy atom. The number of carbonyl (C=O) groups is 2. The normalized spacial score (nSPS) is 12.5. The molecule has 0 aliphatic heterocycles. The Balaban J connectivity index is 3.46. The predicted octanol–water partition coefficient (Wildman–Crippen LogP) is 16.5. The fourth-order valence-corrected chi connectivity index (χ4v) is 7.33. The minimum Gasteiger partial charge on any atom is -0.462 e. The van der Waals surface area contributed by atoms with Crippen LogP contribution in [-0.2, 0) is 19.1 Å². The molecule has 0 aliphatic carbocycles. The lowest BCUT2D eigenvalue weighted by Crippen LogP contribution is -2.28. The van der Waals surface area contributed by atoms with Gasteiger partial charge in [0, 0.05) is 12.8 Å². The quantitative estimate of drug-likeness (QED) is 0.0376. The molecular weight excluding hydrogens is 717 g/mol. The monoisotopic (exact) mass is 813 g/mol. The molecule has 0 amide bonds. The molecule has 0 aliphatic rings. The molecule has 0 aromatic rings. The summed E-state index contributed by atoms with van der Waals surface area (Å²) < 4.78 is 10.7. The molecule has 1 atom stereocenters. The summed E-state index contributed by atoms with van der Waals surface area (Å²) in [6.45, 7) is 4.04. The van der Waals surface area contributed by atoms with E-state index in [1.807, 2.05) is 0 Å². The average molecular weight is 813 g/mol. The maximum atomic E-state index is 12.2. The first kappa shape index (κ1) is 55.9. The van der Waals surface area contributed by atoms with Crippen molar-refractivity contribution in [2.45, 2.75) is 264 Å². The highest BCUT2D eigenvalue weighted by atomic mass is 16.6. The molecule has 0 fully saturated rings. The number of aliphatic hydroxyl groups excluding tert-OH is 1. The van der Waals surface area contributed by atoms with Crippen LogP contribution in [0.3, 0.4) is 0 Å². The van der Waals surface area contributed by atoms with Crippen LogP contribution >= 0.6 is 0 Å². The predicted molar refractivity (Wildman–Crippen MR) is 251 cm³/mol. The van der Waals surface area contributed by atoms with Crippen molar-refractivity contribution in [2.24, 2.45) is 0 Å². The zero-order valence-electron chi connectivity index (χ0n) is 38.6. The Labute approximate surface area is 360 Å². The maximum Gasteiger partial charge on any atom is 0.306 e. The lowest BCUT2D eigenvalue weighted by atomic mass is 10.0. The van der Waals surface area contributed by atoms with Crippen LogP contribution in [0.4, 0.5) is 0 Å². The smallest absolute Gasteiger partial charge is 0.306 e. The Morgan fingerprint density at radius 3 is 1.14 bits per heavy atom. The van der Waals surface area contributed by atoms with Crippen LogP contribution in [0.2, 0.25) is 0 Å². The minimum absolute atomic E-state index is 0.0685. The molecule has 0 spiro atoms. The lowest BCUT2D eigenvalue weighted by molar-refractivity contribution is -0.161. The molecule has 0 aromatic carbocycles. The number of hydrogen-bond acceptors (Lipinski definition) is 5. The van der Waals surface area contributed by atoms with Crippen molar-refractivity contribution in [2.75, 3.05) is 13.2 Å². The summed E-state index contributed by atoms with van der Waals surface area (Å²) in [5.74, 6) is -0.594. The Bertz CT molecular complexity index is 966. The molecule has 0 bridgehead atoms. The fourth-order valence-electron chi connectivity index (χ4n) is 7.33. The van der Waals surface area contributed by atoms with E-state index in [1.54, 1.807) is 0 Å². The number of carbonyl (C=O) groups excluding carboxylic acids is 2. The van der Waals surface area contributed by atoms with Crippen LogP contribution < -0.4 is 0 Å². The molecule has 338 valence electrons. The lowest BCUT2D eigenvalue weighted by Gasteiger charge is -2.15. The molecule has 5 nitrogen and oxygen atoms in total. The Morgan fingerprint density at radius 1 is 0.414 bits per heavy atom. The van der Waals surface area contributed by atoms with Crippen LogP contribution in [0.1, 0.15) is 258 Å². The van der Waals surface area contributed by atoms with E-state index in [4.69, 9.17) is 9.47 Å². The van der Waals surface area contributed by atoms with Crippen LogP contribution in [0, 0.1) is 0 Å². The van der Waals surface area contributed by atoms with E-state index in [-0.39, 0.29) is 25.2 Å². The second-order valence-electron chi connectivity index (χ2n) is 16.9.